The van der Waals surface area contributed by atoms with Crippen LogP contribution in [0.25, 0.3) is 0 Å². The normalized spacial score (nSPS) is 12.8. The van der Waals surface area contributed by atoms with Gasteiger partial charge in [-0.3, -0.25) is 9.80 Å². The minimum atomic E-state index is -2.66. The van der Waals surface area contributed by atoms with E-state index in [2.05, 4.69) is 9.80 Å². The molecule has 0 radical (unpaired) electrons. The SMILES string of the molecule is CCO[Si](CCCN(CCO)CCN(CCO)CCC[Si](OCC)(OCC)OCC)(OCC)OCC. The first kappa shape index (κ1) is 36.0. The maximum Gasteiger partial charge on any atom is 0.500 e. The lowest BCUT2D eigenvalue weighted by molar-refractivity contribution is 0.0678. The summed E-state index contributed by atoms with van der Waals surface area (Å²) in [6.07, 6.45) is 1.74. The smallest absolute Gasteiger partial charge is 0.395 e. The van der Waals surface area contributed by atoms with Gasteiger partial charge in [-0.1, -0.05) is 0 Å². The third kappa shape index (κ3) is 15.4. The number of rotatable bonds is 27. The van der Waals surface area contributed by atoms with Crippen LogP contribution in [0.2, 0.25) is 12.1 Å². The zero-order valence-electron chi connectivity index (χ0n) is 24.0. The fraction of sp³-hybridized carbons (Fsp3) is 1.00. The highest BCUT2D eigenvalue weighted by atomic mass is 28.4. The van der Waals surface area contributed by atoms with Crippen LogP contribution in [0, 0.1) is 0 Å². The first-order chi connectivity index (χ1) is 17.4. The highest BCUT2D eigenvalue weighted by molar-refractivity contribution is 6.61. The second-order valence-electron chi connectivity index (χ2n) is 8.30. The minimum absolute atomic E-state index is 0.107. The first-order valence-corrected chi connectivity index (χ1v) is 17.8. The van der Waals surface area contributed by atoms with Gasteiger partial charge in [-0.15, -0.1) is 0 Å². The third-order valence-electron chi connectivity index (χ3n) is 5.67. The quantitative estimate of drug-likeness (QED) is 0.147. The summed E-state index contributed by atoms with van der Waals surface area (Å²) < 4.78 is 35.8. The molecule has 10 nitrogen and oxygen atoms in total. The highest BCUT2D eigenvalue weighted by Gasteiger charge is 2.40. The van der Waals surface area contributed by atoms with Gasteiger partial charge in [0.25, 0.3) is 0 Å². The summed E-state index contributed by atoms with van der Waals surface area (Å²) in [5, 5.41) is 19.2. The van der Waals surface area contributed by atoms with E-state index in [4.69, 9.17) is 26.6 Å². The van der Waals surface area contributed by atoms with Crippen molar-refractivity contribution in [3.8, 4) is 0 Å². The summed E-state index contributed by atoms with van der Waals surface area (Å²) in [5.74, 6) is 0. The van der Waals surface area contributed by atoms with Gasteiger partial charge in [0.2, 0.25) is 0 Å². The molecule has 0 spiro atoms. The molecule has 0 aromatic carbocycles. The van der Waals surface area contributed by atoms with Gasteiger partial charge < -0.3 is 36.8 Å². The lowest BCUT2D eigenvalue weighted by Gasteiger charge is -2.31. The van der Waals surface area contributed by atoms with Crippen LogP contribution in [0.15, 0.2) is 0 Å². The largest absolute Gasteiger partial charge is 0.500 e. The topological polar surface area (TPSA) is 102 Å². The Balaban J connectivity index is 4.90. The Morgan fingerprint density at radius 2 is 0.722 bits per heavy atom. The molecule has 0 heterocycles. The van der Waals surface area contributed by atoms with E-state index >= 15 is 0 Å². The maximum absolute atomic E-state index is 9.60. The molecule has 2 N–H and O–H groups in total. The van der Waals surface area contributed by atoms with E-state index in [0.29, 0.717) is 52.7 Å². The number of nitrogens with zero attached hydrogens (tertiary/aromatic N) is 2. The fourth-order valence-corrected chi connectivity index (χ4v) is 9.46. The molecule has 218 valence electrons. The van der Waals surface area contributed by atoms with Gasteiger partial charge in [0.05, 0.1) is 13.2 Å². The van der Waals surface area contributed by atoms with Gasteiger partial charge in [-0.2, -0.15) is 0 Å². The number of hydrogen-bond donors (Lipinski definition) is 2. The van der Waals surface area contributed by atoms with Crippen molar-refractivity contribution in [2.24, 2.45) is 0 Å². The summed E-state index contributed by atoms with van der Waals surface area (Å²) in [6, 6.07) is 1.51. The van der Waals surface area contributed by atoms with E-state index in [-0.39, 0.29) is 13.2 Å². The molecule has 12 heteroatoms. The number of hydrogen-bond acceptors (Lipinski definition) is 10. The van der Waals surface area contributed by atoms with E-state index in [9.17, 15) is 10.2 Å². The van der Waals surface area contributed by atoms with Crippen LogP contribution in [-0.2, 0) is 26.6 Å². The zero-order chi connectivity index (χ0) is 27.1. The molecule has 0 aliphatic carbocycles. The van der Waals surface area contributed by atoms with Crippen LogP contribution in [0.5, 0.6) is 0 Å². The average molecular weight is 557 g/mol. The second-order valence-corrected chi connectivity index (χ2v) is 13.8. The number of aliphatic hydroxyl groups is 2. The number of aliphatic hydroxyl groups excluding tert-OH is 2. The van der Waals surface area contributed by atoms with Crippen LogP contribution in [0.4, 0.5) is 0 Å². The summed E-state index contributed by atoms with van der Waals surface area (Å²) in [4.78, 5) is 4.51. The van der Waals surface area contributed by atoms with Crippen LogP contribution >= 0.6 is 0 Å². The first-order valence-electron chi connectivity index (χ1n) is 13.9. The molecular weight excluding hydrogens is 500 g/mol. The van der Waals surface area contributed by atoms with Gasteiger partial charge in [-0.25, -0.2) is 0 Å². The van der Waals surface area contributed by atoms with Crippen molar-refractivity contribution in [3.63, 3.8) is 0 Å². The molecule has 0 saturated carbocycles. The van der Waals surface area contributed by atoms with Crippen molar-refractivity contribution in [3.05, 3.63) is 0 Å². The average Bonchev–Trinajstić information content (AvgIpc) is 2.83. The van der Waals surface area contributed by atoms with E-state index in [1.807, 2.05) is 41.5 Å². The Morgan fingerprint density at radius 3 is 0.944 bits per heavy atom. The molecule has 0 aromatic rings. The Labute approximate surface area is 222 Å². The molecular formula is C24H56N2O8Si2. The van der Waals surface area contributed by atoms with Crippen molar-refractivity contribution in [1.29, 1.82) is 0 Å². The molecule has 0 atom stereocenters. The Bertz CT molecular complexity index is 421. The molecule has 0 rings (SSSR count). The van der Waals surface area contributed by atoms with Gasteiger partial charge >= 0.3 is 17.6 Å². The van der Waals surface area contributed by atoms with Gasteiger partial charge in [0, 0.05) is 77.9 Å². The van der Waals surface area contributed by atoms with Crippen molar-refractivity contribution in [2.45, 2.75) is 66.5 Å². The van der Waals surface area contributed by atoms with E-state index < -0.39 is 17.6 Å². The molecule has 36 heavy (non-hydrogen) atoms. The van der Waals surface area contributed by atoms with Crippen LogP contribution in [0.1, 0.15) is 54.4 Å². The van der Waals surface area contributed by atoms with Crippen LogP contribution in [0.3, 0.4) is 0 Å². The minimum Gasteiger partial charge on any atom is -0.395 e. The lowest BCUT2D eigenvalue weighted by atomic mass is 10.3. The molecule has 0 bridgehead atoms. The van der Waals surface area contributed by atoms with Crippen molar-refractivity contribution >= 4 is 17.6 Å². The lowest BCUT2D eigenvalue weighted by Crippen LogP contribution is -2.47. The van der Waals surface area contributed by atoms with Crippen molar-refractivity contribution in [1.82, 2.24) is 9.80 Å². The summed E-state index contributed by atoms with van der Waals surface area (Å²) in [6.45, 7) is 19.9. The molecule has 0 unspecified atom stereocenters. The van der Waals surface area contributed by atoms with Gasteiger partial charge in [0.1, 0.15) is 0 Å². The fourth-order valence-electron chi connectivity index (χ4n) is 4.28. The highest BCUT2D eigenvalue weighted by Crippen LogP contribution is 2.20. The monoisotopic (exact) mass is 556 g/mol. The summed E-state index contributed by atoms with van der Waals surface area (Å²) in [7, 11) is -5.33. The molecule has 0 fully saturated rings. The molecule has 0 aromatic heterocycles. The Morgan fingerprint density at radius 1 is 0.444 bits per heavy atom. The standard InChI is InChI=1S/C24H56N2O8Si2/c1-7-29-35(30-8-2,31-9-3)23-13-15-25(19-21-27)17-18-26(20-22-28)16-14-24-36(32-10-4,33-11-5)34-12-6/h27-28H,7-24H2,1-6H3. The molecule has 0 saturated heterocycles. The van der Waals surface area contributed by atoms with E-state index in [1.54, 1.807) is 0 Å². The molecule has 0 amide bonds. The van der Waals surface area contributed by atoms with Crippen LogP contribution < -0.4 is 0 Å². The molecule has 0 aliphatic heterocycles. The maximum atomic E-state index is 9.60. The Hall–Kier alpha value is 0.0338. The second kappa shape index (κ2) is 23.0. The van der Waals surface area contributed by atoms with Crippen molar-refractivity contribution in [2.75, 3.05) is 92.1 Å². The van der Waals surface area contributed by atoms with Crippen LogP contribution in [-0.4, -0.2) is 130 Å². The van der Waals surface area contributed by atoms with Gasteiger partial charge in [0.15, 0.2) is 0 Å². The predicted molar refractivity (Wildman–Crippen MR) is 147 cm³/mol. The zero-order valence-corrected chi connectivity index (χ0v) is 26.0. The Kier molecular flexibility index (Phi) is 23.0. The third-order valence-corrected chi connectivity index (χ3v) is 12.0. The summed E-state index contributed by atoms with van der Waals surface area (Å²) >= 11 is 0. The van der Waals surface area contributed by atoms with E-state index in [0.717, 1.165) is 51.1 Å². The predicted octanol–water partition coefficient (Wildman–Crippen LogP) is 2.45. The molecule has 0 aliphatic rings. The van der Waals surface area contributed by atoms with E-state index in [1.165, 1.54) is 0 Å². The summed E-state index contributed by atoms with van der Waals surface area (Å²) in [5.41, 5.74) is 0. The van der Waals surface area contributed by atoms with Gasteiger partial charge in [-0.05, 0) is 67.5 Å². The van der Waals surface area contributed by atoms with Crippen molar-refractivity contribution < 1.29 is 36.8 Å².